The molecule has 0 radical (unpaired) electrons. The Morgan fingerprint density at radius 3 is 2.24 bits per heavy atom. The number of benzene rings is 3. The van der Waals surface area contributed by atoms with Crippen LogP contribution in [0, 0.1) is 6.92 Å². The number of rotatable bonds is 7. The molecule has 0 saturated carbocycles. The summed E-state index contributed by atoms with van der Waals surface area (Å²) in [5.41, 5.74) is 4.85. The van der Waals surface area contributed by atoms with Gasteiger partial charge in [-0.05, 0) is 79.4 Å². The van der Waals surface area contributed by atoms with Crippen LogP contribution in [0.2, 0.25) is 0 Å². The second kappa shape index (κ2) is 9.67. The number of aryl methyl sites for hydroxylation is 1. The van der Waals surface area contributed by atoms with E-state index in [1.54, 1.807) is 30.3 Å². The van der Waals surface area contributed by atoms with Crippen molar-refractivity contribution in [1.82, 2.24) is 0 Å². The van der Waals surface area contributed by atoms with Crippen molar-refractivity contribution in [2.75, 3.05) is 33.9 Å². The maximum absolute atomic E-state index is 12.7. The third kappa shape index (κ3) is 5.73. The molecule has 1 fully saturated rings. The second-order valence-corrected chi connectivity index (χ2v) is 10.4. The normalized spacial score (nSPS) is 13.7. The zero-order valence-corrected chi connectivity index (χ0v) is 19.8. The van der Waals surface area contributed by atoms with Gasteiger partial charge in [0.05, 0.1) is 18.5 Å². The van der Waals surface area contributed by atoms with Crippen molar-refractivity contribution in [2.24, 2.45) is 0 Å². The number of hydrogen-bond acceptors (Lipinski definition) is 4. The number of nitrogens with one attached hydrogen (secondary N) is 1. The van der Waals surface area contributed by atoms with Gasteiger partial charge in [0.2, 0.25) is 10.0 Å². The molecule has 0 bridgehead atoms. The van der Waals surface area contributed by atoms with E-state index in [0.717, 1.165) is 29.9 Å². The van der Waals surface area contributed by atoms with E-state index < -0.39 is 10.0 Å². The summed E-state index contributed by atoms with van der Waals surface area (Å²) < 4.78 is 26.2. The van der Waals surface area contributed by atoms with Crippen LogP contribution in [0.1, 0.15) is 34.3 Å². The Kier molecular flexibility index (Phi) is 6.70. The van der Waals surface area contributed by atoms with Gasteiger partial charge < -0.3 is 10.2 Å². The highest BCUT2D eigenvalue weighted by Gasteiger charge is 2.18. The quantitative estimate of drug-likeness (QED) is 0.546. The maximum atomic E-state index is 12.7. The van der Waals surface area contributed by atoms with Crippen molar-refractivity contribution >= 4 is 33.0 Å². The van der Waals surface area contributed by atoms with E-state index in [0.29, 0.717) is 11.3 Å². The minimum atomic E-state index is -3.46. The van der Waals surface area contributed by atoms with Gasteiger partial charge in [0.1, 0.15) is 0 Å². The first-order valence-corrected chi connectivity index (χ1v) is 12.9. The van der Waals surface area contributed by atoms with E-state index in [1.807, 2.05) is 49.4 Å². The Bertz CT molecular complexity index is 1220. The van der Waals surface area contributed by atoms with Crippen LogP contribution in [0.3, 0.4) is 0 Å². The summed E-state index contributed by atoms with van der Waals surface area (Å²) in [5, 5.41) is 2.93. The molecule has 0 atom stereocenters. The Hall–Kier alpha value is -3.32. The number of hydrogen-bond donors (Lipinski definition) is 1. The highest BCUT2D eigenvalue weighted by atomic mass is 32.2. The summed E-state index contributed by atoms with van der Waals surface area (Å²) in [6, 6.07) is 22.3. The summed E-state index contributed by atoms with van der Waals surface area (Å²) in [6.07, 6.45) is 3.65. The molecular weight excluding hydrogens is 434 g/mol. The van der Waals surface area contributed by atoms with Gasteiger partial charge >= 0.3 is 0 Å². The van der Waals surface area contributed by atoms with Crippen molar-refractivity contribution in [3.8, 4) is 0 Å². The van der Waals surface area contributed by atoms with Crippen molar-refractivity contribution in [2.45, 2.75) is 26.3 Å². The number of amides is 1. The molecule has 0 aliphatic carbocycles. The van der Waals surface area contributed by atoms with Gasteiger partial charge in [-0.3, -0.25) is 9.10 Å². The van der Waals surface area contributed by atoms with Gasteiger partial charge in [-0.15, -0.1) is 0 Å². The smallest absolute Gasteiger partial charge is 0.255 e. The topological polar surface area (TPSA) is 69.7 Å². The Morgan fingerprint density at radius 1 is 0.970 bits per heavy atom. The van der Waals surface area contributed by atoms with E-state index in [2.05, 4.69) is 10.2 Å². The van der Waals surface area contributed by atoms with E-state index in [1.165, 1.54) is 29.1 Å². The van der Waals surface area contributed by atoms with E-state index >= 15 is 0 Å². The average molecular weight is 464 g/mol. The molecule has 6 nitrogen and oxygen atoms in total. The molecule has 1 saturated heterocycles. The highest BCUT2D eigenvalue weighted by molar-refractivity contribution is 7.92. The SMILES string of the molecule is Cc1cccc(N(Cc2ccc(C(=O)Nc3ccc(N4CCCC4)cc3)cc2)S(C)(=O)=O)c1. The van der Waals surface area contributed by atoms with Crippen LogP contribution in [0.5, 0.6) is 0 Å². The van der Waals surface area contributed by atoms with Crippen LogP contribution in [-0.2, 0) is 16.6 Å². The largest absolute Gasteiger partial charge is 0.372 e. The number of anilines is 3. The molecule has 4 rings (SSSR count). The molecule has 1 N–H and O–H groups in total. The summed E-state index contributed by atoms with van der Waals surface area (Å²) in [5.74, 6) is -0.200. The zero-order valence-electron chi connectivity index (χ0n) is 19.0. The fourth-order valence-electron chi connectivity index (χ4n) is 4.04. The molecule has 0 aromatic heterocycles. The van der Waals surface area contributed by atoms with Gasteiger partial charge in [-0.2, -0.15) is 0 Å². The third-order valence-corrected chi connectivity index (χ3v) is 6.97. The number of carbonyl (C=O) groups excluding carboxylic acids is 1. The molecule has 172 valence electrons. The minimum Gasteiger partial charge on any atom is -0.372 e. The maximum Gasteiger partial charge on any atom is 0.255 e. The molecular formula is C26H29N3O3S. The first-order chi connectivity index (χ1) is 15.8. The van der Waals surface area contributed by atoms with Crippen molar-refractivity contribution in [3.05, 3.63) is 89.5 Å². The van der Waals surface area contributed by atoms with Crippen LogP contribution < -0.4 is 14.5 Å². The van der Waals surface area contributed by atoms with Crippen LogP contribution in [0.4, 0.5) is 17.1 Å². The summed E-state index contributed by atoms with van der Waals surface area (Å²) in [4.78, 5) is 15.0. The first-order valence-electron chi connectivity index (χ1n) is 11.1. The highest BCUT2D eigenvalue weighted by Crippen LogP contribution is 2.24. The summed E-state index contributed by atoms with van der Waals surface area (Å²) in [7, 11) is -3.46. The second-order valence-electron chi connectivity index (χ2n) is 8.50. The molecule has 1 aliphatic heterocycles. The number of nitrogens with zero attached hydrogens (tertiary/aromatic N) is 2. The average Bonchev–Trinajstić information content (AvgIpc) is 3.32. The van der Waals surface area contributed by atoms with Gasteiger partial charge in [0, 0.05) is 30.0 Å². The van der Waals surface area contributed by atoms with Crippen LogP contribution in [-0.4, -0.2) is 33.7 Å². The fourth-order valence-corrected chi connectivity index (χ4v) is 4.92. The summed E-state index contributed by atoms with van der Waals surface area (Å²) >= 11 is 0. The fraction of sp³-hybridized carbons (Fsp3) is 0.269. The minimum absolute atomic E-state index is 0.197. The third-order valence-electron chi connectivity index (χ3n) is 5.83. The van der Waals surface area contributed by atoms with Gasteiger partial charge in [-0.25, -0.2) is 8.42 Å². The van der Waals surface area contributed by atoms with Gasteiger partial charge in [-0.1, -0.05) is 24.3 Å². The molecule has 0 unspecified atom stereocenters. The number of carbonyl (C=O) groups is 1. The summed E-state index contributed by atoms with van der Waals surface area (Å²) in [6.45, 7) is 4.29. The Balaban J connectivity index is 1.43. The van der Waals surface area contributed by atoms with Crippen molar-refractivity contribution in [3.63, 3.8) is 0 Å². The molecule has 1 amide bonds. The van der Waals surface area contributed by atoms with Crippen molar-refractivity contribution in [1.29, 1.82) is 0 Å². The van der Waals surface area contributed by atoms with Crippen LogP contribution in [0.25, 0.3) is 0 Å². The lowest BCUT2D eigenvalue weighted by Gasteiger charge is -2.23. The lowest BCUT2D eigenvalue weighted by molar-refractivity contribution is 0.102. The monoisotopic (exact) mass is 463 g/mol. The molecule has 1 heterocycles. The Labute approximate surface area is 195 Å². The molecule has 3 aromatic carbocycles. The number of sulfonamides is 1. The van der Waals surface area contributed by atoms with E-state index in [-0.39, 0.29) is 12.5 Å². The van der Waals surface area contributed by atoms with Crippen molar-refractivity contribution < 1.29 is 13.2 Å². The van der Waals surface area contributed by atoms with Crippen LogP contribution >= 0.6 is 0 Å². The molecule has 0 spiro atoms. The zero-order chi connectivity index (χ0) is 23.4. The predicted molar refractivity (Wildman–Crippen MR) is 134 cm³/mol. The van der Waals surface area contributed by atoms with E-state index in [9.17, 15) is 13.2 Å². The molecule has 7 heteroatoms. The van der Waals surface area contributed by atoms with E-state index in [4.69, 9.17) is 0 Å². The lowest BCUT2D eigenvalue weighted by atomic mass is 10.1. The van der Waals surface area contributed by atoms with Gasteiger partial charge in [0.25, 0.3) is 5.91 Å². The Morgan fingerprint density at radius 2 is 1.64 bits per heavy atom. The molecule has 1 aliphatic rings. The van der Waals surface area contributed by atoms with Gasteiger partial charge in [0.15, 0.2) is 0 Å². The molecule has 3 aromatic rings. The predicted octanol–water partition coefficient (Wildman–Crippen LogP) is 4.81. The first kappa shape index (κ1) is 22.9. The molecule has 33 heavy (non-hydrogen) atoms. The van der Waals surface area contributed by atoms with Crippen LogP contribution in [0.15, 0.2) is 72.8 Å². The standard InChI is InChI=1S/C26H29N3O3S/c1-20-6-5-7-25(18-20)29(33(2,31)32)19-21-8-10-22(11-9-21)26(30)27-23-12-14-24(15-13-23)28-16-3-4-17-28/h5-15,18H,3-4,16-17,19H2,1-2H3,(H,27,30). The lowest BCUT2D eigenvalue weighted by Crippen LogP contribution is -2.29.